The van der Waals surface area contributed by atoms with Crippen LogP contribution in [0.15, 0.2) is 18.2 Å². The van der Waals surface area contributed by atoms with Crippen molar-refractivity contribution < 1.29 is 18.0 Å². The van der Waals surface area contributed by atoms with Crippen molar-refractivity contribution in [1.82, 2.24) is 9.80 Å². The predicted octanol–water partition coefficient (Wildman–Crippen LogP) is 0.819. The van der Waals surface area contributed by atoms with E-state index in [-0.39, 0.29) is 42.5 Å². The number of rotatable bonds is 6. The molecule has 26 heavy (non-hydrogen) atoms. The number of amides is 2. The number of carbonyl (C=O) groups excluding carboxylic acids is 2. The van der Waals surface area contributed by atoms with Crippen LogP contribution in [0.5, 0.6) is 0 Å². The molecular weight excluding hydrogens is 354 g/mol. The molecule has 0 radical (unpaired) electrons. The zero-order valence-corrected chi connectivity index (χ0v) is 16.6. The molecule has 0 saturated carbocycles. The Bertz CT molecular complexity index is 771. The molecule has 0 spiro atoms. The van der Waals surface area contributed by atoms with Gasteiger partial charge in [-0.15, -0.1) is 0 Å². The smallest absolute Gasteiger partial charge is 0.238 e. The highest BCUT2D eigenvalue weighted by atomic mass is 32.2. The summed E-state index contributed by atoms with van der Waals surface area (Å²) in [6, 6.07) is 5.52. The Hall–Kier alpha value is -1.93. The summed E-state index contributed by atoms with van der Waals surface area (Å²) in [6.45, 7) is 4.00. The second-order valence-corrected chi connectivity index (χ2v) is 9.28. The predicted molar refractivity (Wildman–Crippen MR) is 102 cm³/mol. The minimum atomic E-state index is -3.04. The lowest BCUT2D eigenvalue weighted by Gasteiger charge is -2.26. The fraction of sp³-hybridized carbons (Fsp3) is 0.556. The molecule has 144 valence electrons. The molecule has 0 aliphatic carbocycles. The van der Waals surface area contributed by atoms with Gasteiger partial charge in [0.05, 0.1) is 24.6 Å². The van der Waals surface area contributed by atoms with Crippen LogP contribution in [0.2, 0.25) is 0 Å². The Morgan fingerprint density at radius 2 is 1.77 bits per heavy atom. The quantitative estimate of drug-likeness (QED) is 0.788. The van der Waals surface area contributed by atoms with Crippen LogP contribution >= 0.6 is 0 Å². The first-order valence-corrected chi connectivity index (χ1v) is 10.4. The van der Waals surface area contributed by atoms with Crippen molar-refractivity contribution in [2.24, 2.45) is 0 Å². The summed E-state index contributed by atoms with van der Waals surface area (Å²) in [5, 5.41) is 2.89. The molecule has 1 aromatic rings. The van der Waals surface area contributed by atoms with Gasteiger partial charge in [-0.2, -0.15) is 0 Å². The highest BCUT2D eigenvalue weighted by Crippen LogP contribution is 2.19. The maximum absolute atomic E-state index is 12.4. The number of benzene rings is 1. The topological polar surface area (TPSA) is 86.8 Å². The van der Waals surface area contributed by atoms with E-state index in [2.05, 4.69) is 5.32 Å². The Morgan fingerprint density at radius 3 is 2.31 bits per heavy atom. The van der Waals surface area contributed by atoms with Crippen molar-refractivity contribution in [2.75, 3.05) is 44.0 Å². The summed E-state index contributed by atoms with van der Waals surface area (Å²) in [4.78, 5) is 27.7. The van der Waals surface area contributed by atoms with Crippen LogP contribution in [0.3, 0.4) is 0 Å². The summed E-state index contributed by atoms with van der Waals surface area (Å²) < 4.78 is 23.1. The maximum atomic E-state index is 12.4. The molecule has 0 aromatic heterocycles. The Labute approximate surface area is 155 Å². The van der Waals surface area contributed by atoms with Crippen molar-refractivity contribution in [2.45, 2.75) is 26.3 Å². The SMILES string of the molecule is Cc1cccc(C)c1NC(=O)CN(C)CC(=O)N(C)[C@H]1CCS(=O)(=O)C1. The number of para-hydroxylation sites is 1. The number of hydrogen-bond donors (Lipinski definition) is 1. The van der Waals surface area contributed by atoms with E-state index in [1.54, 1.807) is 19.0 Å². The number of carbonyl (C=O) groups is 2. The van der Waals surface area contributed by atoms with Gasteiger partial charge in [0.1, 0.15) is 0 Å². The average molecular weight is 381 g/mol. The summed E-state index contributed by atoms with van der Waals surface area (Å²) in [5.41, 5.74) is 2.77. The van der Waals surface area contributed by atoms with Crippen LogP contribution in [0.1, 0.15) is 17.5 Å². The fourth-order valence-electron chi connectivity index (χ4n) is 3.12. The fourth-order valence-corrected chi connectivity index (χ4v) is 4.89. The van der Waals surface area contributed by atoms with Crippen molar-refractivity contribution in [3.63, 3.8) is 0 Å². The van der Waals surface area contributed by atoms with Crippen molar-refractivity contribution in [3.8, 4) is 0 Å². The number of hydrogen-bond acceptors (Lipinski definition) is 5. The van der Waals surface area contributed by atoms with Gasteiger partial charge in [0.2, 0.25) is 11.8 Å². The van der Waals surface area contributed by atoms with Crippen LogP contribution in [-0.2, 0) is 19.4 Å². The van der Waals surface area contributed by atoms with E-state index in [1.807, 2.05) is 32.0 Å². The zero-order chi connectivity index (χ0) is 19.5. The van der Waals surface area contributed by atoms with Gasteiger partial charge in [-0.25, -0.2) is 8.42 Å². The highest BCUT2D eigenvalue weighted by Gasteiger charge is 2.32. The molecule has 0 unspecified atom stereocenters. The van der Waals surface area contributed by atoms with Crippen LogP contribution in [-0.4, -0.2) is 74.8 Å². The van der Waals surface area contributed by atoms with E-state index in [1.165, 1.54) is 4.90 Å². The third kappa shape index (κ3) is 5.28. The second kappa shape index (κ2) is 8.18. The molecule has 1 aliphatic heterocycles. The first-order chi connectivity index (χ1) is 12.1. The first-order valence-electron chi connectivity index (χ1n) is 8.60. The van der Waals surface area contributed by atoms with Gasteiger partial charge in [-0.05, 0) is 38.4 Å². The lowest BCUT2D eigenvalue weighted by atomic mass is 10.1. The highest BCUT2D eigenvalue weighted by molar-refractivity contribution is 7.91. The third-order valence-corrected chi connectivity index (χ3v) is 6.46. The summed E-state index contributed by atoms with van der Waals surface area (Å²) >= 11 is 0. The molecular formula is C18H27N3O4S. The number of nitrogens with zero attached hydrogens (tertiary/aromatic N) is 2. The zero-order valence-electron chi connectivity index (χ0n) is 15.8. The minimum Gasteiger partial charge on any atom is -0.341 e. The van der Waals surface area contributed by atoms with Gasteiger partial charge in [-0.3, -0.25) is 14.5 Å². The lowest BCUT2D eigenvalue weighted by molar-refractivity contribution is -0.132. The van der Waals surface area contributed by atoms with Gasteiger partial charge in [0.25, 0.3) is 0 Å². The monoisotopic (exact) mass is 381 g/mol. The van der Waals surface area contributed by atoms with Crippen LogP contribution in [0, 0.1) is 13.8 Å². The molecule has 8 heteroatoms. The largest absolute Gasteiger partial charge is 0.341 e. The van der Waals surface area contributed by atoms with Gasteiger partial charge < -0.3 is 10.2 Å². The van der Waals surface area contributed by atoms with Crippen molar-refractivity contribution in [3.05, 3.63) is 29.3 Å². The molecule has 1 atom stereocenters. The normalized spacial score (nSPS) is 18.7. The summed E-state index contributed by atoms with van der Waals surface area (Å²) in [7, 11) is 0.283. The Balaban J connectivity index is 1.86. The number of likely N-dealkylation sites (N-methyl/N-ethyl adjacent to an activating group) is 2. The molecule has 1 aliphatic rings. The molecule has 0 bridgehead atoms. The number of aryl methyl sites for hydroxylation is 2. The average Bonchev–Trinajstić information content (AvgIpc) is 2.90. The second-order valence-electron chi connectivity index (χ2n) is 7.05. The number of nitrogens with one attached hydrogen (secondary N) is 1. The molecule has 1 N–H and O–H groups in total. The van der Waals surface area contributed by atoms with E-state index >= 15 is 0 Å². The lowest BCUT2D eigenvalue weighted by Crippen LogP contribution is -2.44. The maximum Gasteiger partial charge on any atom is 0.238 e. The van der Waals surface area contributed by atoms with E-state index < -0.39 is 9.84 Å². The Morgan fingerprint density at radius 1 is 1.15 bits per heavy atom. The van der Waals surface area contributed by atoms with Crippen molar-refractivity contribution >= 4 is 27.3 Å². The summed E-state index contributed by atoms with van der Waals surface area (Å²) in [5.74, 6) is -0.228. The van der Waals surface area contributed by atoms with Crippen LogP contribution in [0.4, 0.5) is 5.69 Å². The van der Waals surface area contributed by atoms with Crippen LogP contribution < -0.4 is 5.32 Å². The molecule has 1 saturated heterocycles. The molecule has 1 fully saturated rings. The number of sulfone groups is 1. The van der Waals surface area contributed by atoms with Gasteiger partial charge in [0, 0.05) is 18.8 Å². The van der Waals surface area contributed by atoms with Gasteiger partial charge in [0.15, 0.2) is 9.84 Å². The van der Waals surface area contributed by atoms with E-state index in [0.29, 0.717) is 6.42 Å². The van der Waals surface area contributed by atoms with E-state index in [0.717, 1.165) is 16.8 Å². The van der Waals surface area contributed by atoms with E-state index in [9.17, 15) is 18.0 Å². The minimum absolute atomic E-state index is 0.0198. The molecule has 7 nitrogen and oxygen atoms in total. The molecule has 2 rings (SSSR count). The number of anilines is 1. The van der Waals surface area contributed by atoms with Gasteiger partial charge in [-0.1, -0.05) is 18.2 Å². The van der Waals surface area contributed by atoms with Gasteiger partial charge >= 0.3 is 0 Å². The molecule has 1 heterocycles. The van der Waals surface area contributed by atoms with E-state index in [4.69, 9.17) is 0 Å². The summed E-state index contributed by atoms with van der Waals surface area (Å²) in [6.07, 6.45) is 0.474. The third-order valence-electron chi connectivity index (χ3n) is 4.71. The molecule has 1 aromatic carbocycles. The molecule has 2 amide bonds. The first kappa shape index (κ1) is 20.4. The van der Waals surface area contributed by atoms with Crippen LogP contribution in [0.25, 0.3) is 0 Å². The standard InChI is InChI=1S/C18H27N3O4S/c1-13-6-5-7-14(2)18(13)19-16(22)10-20(3)11-17(23)21(4)15-8-9-26(24,25)12-15/h5-7,15H,8-12H2,1-4H3,(H,19,22)/t15-/m0/s1. The van der Waals surface area contributed by atoms with Crippen molar-refractivity contribution in [1.29, 1.82) is 0 Å². The Kier molecular flexibility index (Phi) is 6.41.